The molecule has 0 rings (SSSR count). The summed E-state index contributed by atoms with van der Waals surface area (Å²) in [5.74, 6) is -0.234. The monoisotopic (exact) mass is 156 g/mol. The van der Waals surface area contributed by atoms with Gasteiger partial charge in [-0.3, -0.25) is 4.79 Å². The van der Waals surface area contributed by atoms with E-state index in [0.717, 1.165) is 24.8 Å². The summed E-state index contributed by atoms with van der Waals surface area (Å²) in [6.07, 6.45) is 3.24. The molecule has 64 valence electrons. The molecule has 11 heavy (non-hydrogen) atoms. The fourth-order valence-corrected chi connectivity index (χ4v) is 0.703. The number of hydrogen-bond acceptors (Lipinski definition) is 2. The average molecular weight is 156 g/mol. The minimum absolute atomic E-state index is 0.234. The van der Waals surface area contributed by atoms with Crippen molar-refractivity contribution < 1.29 is 9.53 Å². The lowest BCUT2D eigenvalue weighted by atomic mass is 10.1. The maximum absolute atomic E-state index is 10.4. The molecule has 2 nitrogen and oxygen atoms in total. The van der Waals surface area contributed by atoms with Crippen LogP contribution in [0.3, 0.4) is 0 Å². The van der Waals surface area contributed by atoms with E-state index in [1.807, 2.05) is 0 Å². The smallest absolute Gasteiger partial charge is 0.302 e. The maximum Gasteiger partial charge on any atom is 0.302 e. The Kier molecular flexibility index (Phi) is 5.53. The van der Waals surface area contributed by atoms with Gasteiger partial charge in [0.25, 0.3) is 0 Å². The summed E-state index contributed by atoms with van der Waals surface area (Å²) in [5, 5.41) is 0. The highest BCUT2D eigenvalue weighted by molar-refractivity contribution is 5.66. The van der Waals surface area contributed by atoms with E-state index < -0.39 is 0 Å². The standard InChI is InChI=1S/C9H16O2/c1-4-5-6-8(2)7-11-9(3)10/h2,4-7H2,1,3H3. The van der Waals surface area contributed by atoms with Gasteiger partial charge in [0.05, 0.1) is 0 Å². The molecule has 2 heteroatoms. The third kappa shape index (κ3) is 7.10. The number of rotatable bonds is 5. The molecule has 0 bridgehead atoms. The van der Waals surface area contributed by atoms with Crippen LogP contribution in [0.15, 0.2) is 12.2 Å². The van der Waals surface area contributed by atoms with Crippen molar-refractivity contribution in [1.29, 1.82) is 0 Å². The molecule has 0 aliphatic carbocycles. The summed E-state index contributed by atoms with van der Waals surface area (Å²) < 4.78 is 4.76. The van der Waals surface area contributed by atoms with Crippen LogP contribution in [0.2, 0.25) is 0 Å². The van der Waals surface area contributed by atoms with Gasteiger partial charge in [0.15, 0.2) is 0 Å². The van der Waals surface area contributed by atoms with Gasteiger partial charge in [0.1, 0.15) is 6.61 Å². The number of esters is 1. The second kappa shape index (κ2) is 5.96. The van der Waals surface area contributed by atoms with Crippen LogP contribution in [-0.2, 0) is 9.53 Å². The van der Waals surface area contributed by atoms with Crippen LogP contribution in [-0.4, -0.2) is 12.6 Å². The minimum Gasteiger partial charge on any atom is -0.461 e. The van der Waals surface area contributed by atoms with E-state index >= 15 is 0 Å². The minimum atomic E-state index is -0.234. The predicted molar refractivity (Wildman–Crippen MR) is 45.3 cm³/mol. The quantitative estimate of drug-likeness (QED) is 0.451. The van der Waals surface area contributed by atoms with E-state index in [-0.39, 0.29) is 5.97 Å². The van der Waals surface area contributed by atoms with Gasteiger partial charge in [-0.1, -0.05) is 19.9 Å². The summed E-state index contributed by atoms with van der Waals surface area (Å²) in [6.45, 7) is 7.71. The van der Waals surface area contributed by atoms with Crippen LogP contribution in [0.25, 0.3) is 0 Å². The SMILES string of the molecule is C=C(CCCC)COC(C)=O. The van der Waals surface area contributed by atoms with Gasteiger partial charge in [0, 0.05) is 6.92 Å². The van der Waals surface area contributed by atoms with Crippen molar-refractivity contribution in [3.05, 3.63) is 12.2 Å². The molecular formula is C9H16O2. The van der Waals surface area contributed by atoms with Crippen molar-refractivity contribution in [2.75, 3.05) is 6.61 Å². The second-order valence-corrected chi connectivity index (χ2v) is 2.63. The number of unbranched alkanes of at least 4 members (excludes halogenated alkanes) is 1. The second-order valence-electron chi connectivity index (χ2n) is 2.63. The summed E-state index contributed by atoms with van der Waals surface area (Å²) >= 11 is 0. The van der Waals surface area contributed by atoms with Crippen LogP contribution < -0.4 is 0 Å². The van der Waals surface area contributed by atoms with E-state index in [1.54, 1.807) is 0 Å². The van der Waals surface area contributed by atoms with E-state index in [0.29, 0.717) is 6.61 Å². The van der Waals surface area contributed by atoms with Gasteiger partial charge >= 0.3 is 5.97 Å². The van der Waals surface area contributed by atoms with Gasteiger partial charge < -0.3 is 4.74 Å². The molecule has 0 atom stereocenters. The van der Waals surface area contributed by atoms with Crippen LogP contribution in [0.4, 0.5) is 0 Å². The molecule has 0 aromatic rings. The third-order valence-electron chi connectivity index (χ3n) is 1.36. The van der Waals surface area contributed by atoms with Crippen molar-refractivity contribution in [3.8, 4) is 0 Å². The molecule has 0 radical (unpaired) electrons. The first kappa shape index (κ1) is 10.2. The summed E-state index contributed by atoms with van der Waals surface area (Å²) in [5.41, 5.74) is 1.00. The fourth-order valence-electron chi connectivity index (χ4n) is 0.703. The lowest BCUT2D eigenvalue weighted by molar-refractivity contribution is -0.140. The predicted octanol–water partition coefficient (Wildman–Crippen LogP) is 2.30. The molecule has 0 N–H and O–H groups in total. The normalized spacial score (nSPS) is 9.27. The number of carbonyl (C=O) groups is 1. The van der Waals surface area contributed by atoms with Gasteiger partial charge in [-0.25, -0.2) is 0 Å². The molecule has 0 amide bonds. The Labute approximate surface area is 68.2 Å². The topological polar surface area (TPSA) is 26.3 Å². The molecule has 0 unspecified atom stereocenters. The zero-order valence-corrected chi connectivity index (χ0v) is 7.35. The highest BCUT2D eigenvalue weighted by Crippen LogP contribution is 2.04. The van der Waals surface area contributed by atoms with Gasteiger partial charge in [-0.05, 0) is 18.4 Å². The highest BCUT2D eigenvalue weighted by atomic mass is 16.5. The lowest BCUT2D eigenvalue weighted by Gasteiger charge is -2.03. The van der Waals surface area contributed by atoms with Crippen LogP contribution in [0.5, 0.6) is 0 Å². The summed E-state index contributed by atoms with van der Waals surface area (Å²) in [4.78, 5) is 10.4. The average Bonchev–Trinajstić information content (AvgIpc) is 1.97. The molecular weight excluding hydrogens is 140 g/mol. The summed E-state index contributed by atoms with van der Waals surface area (Å²) in [7, 11) is 0. The first-order valence-electron chi connectivity index (χ1n) is 3.96. The van der Waals surface area contributed by atoms with Gasteiger partial charge in [0.2, 0.25) is 0 Å². The Bertz CT molecular complexity index is 138. The van der Waals surface area contributed by atoms with Crippen LogP contribution in [0, 0.1) is 0 Å². The Balaban J connectivity index is 3.30. The van der Waals surface area contributed by atoms with Crippen molar-refractivity contribution >= 4 is 5.97 Å². The molecule has 0 aliphatic rings. The Morgan fingerprint density at radius 1 is 1.55 bits per heavy atom. The Hall–Kier alpha value is -0.790. The van der Waals surface area contributed by atoms with E-state index in [4.69, 9.17) is 4.74 Å². The molecule has 0 fully saturated rings. The fraction of sp³-hybridized carbons (Fsp3) is 0.667. The molecule has 0 aromatic carbocycles. The van der Waals surface area contributed by atoms with Crippen molar-refractivity contribution in [2.24, 2.45) is 0 Å². The number of ether oxygens (including phenoxy) is 1. The third-order valence-corrected chi connectivity index (χ3v) is 1.36. The molecule has 0 heterocycles. The molecule has 0 aliphatic heterocycles. The highest BCUT2D eigenvalue weighted by Gasteiger charge is 1.96. The number of hydrogen-bond donors (Lipinski definition) is 0. The summed E-state index contributed by atoms with van der Waals surface area (Å²) in [6, 6.07) is 0. The largest absolute Gasteiger partial charge is 0.461 e. The lowest BCUT2D eigenvalue weighted by Crippen LogP contribution is -2.02. The molecule has 0 aromatic heterocycles. The van der Waals surface area contributed by atoms with Crippen LogP contribution in [0.1, 0.15) is 33.1 Å². The first-order valence-corrected chi connectivity index (χ1v) is 3.96. The van der Waals surface area contributed by atoms with E-state index in [9.17, 15) is 4.79 Å². The first-order chi connectivity index (χ1) is 5.16. The maximum atomic E-state index is 10.4. The zero-order chi connectivity index (χ0) is 8.69. The zero-order valence-electron chi connectivity index (χ0n) is 7.35. The van der Waals surface area contributed by atoms with Gasteiger partial charge in [-0.2, -0.15) is 0 Å². The van der Waals surface area contributed by atoms with Gasteiger partial charge in [-0.15, -0.1) is 0 Å². The Morgan fingerprint density at radius 3 is 2.64 bits per heavy atom. The van der Waals surface area contributed by atoms with Crippen LogP contribution >= 0.6 is 0 Å². The van der Waals surface area contributed by atoms with Crippen molar-refractivity contribution in [2.45, 2.75) is 33.1 Å². The molecule has 0 spiro atoms. The van der Waals surface area contributed by atoms with E-state index in [2.05, 4.69) is 13.5 Å². The molecule has 0 saturated carbocycles. The van der Waals surface area contributed by atoms with Crippen molar-refractivity contribution in [1.82, 2.24) is 0 Å². The van der Waals surface area contributed by atoms with Crippen molar-refractivity contribution in [3.63, 3.8) is 0 Å². The Morgan fingerprint density at radius 2 is 2.18 bits per heavy atom. The molecule has 0 saturated heterocycles. The van der Waals surface area contributed by atoms with E-state index in [1.165, 1.54) is 6.92 Å². The number of carbonyl (C=O) groups excluding carboxylic acids is 1.